The first kappa shape index (κ1) is 16.4. The summed E-state index contributed by atoms with van der Waals surface area (Å²) in [5, 5.41) is 18.3. The van der Waals surface area contributed by atoms with E-state index in [2.05, 4.69) is 22.2 Å². The van der Waals surface area contributed by atoms with Crippen LogP contribution in [0.25, 0.3) is 0 Å². The number of aryl methyl sites for hydroxylation is 2. The molecular formula is C15H28N4O2. The van der Waals surface area contributed by atoms with Crippen molar-refractivity contribution >= 4 is 0 Å². The fourth-order valence-electron chi connectivity index (χ4n) is 2.83. The molecule has 6 nitrogen and oxygen atoms in total. The fourth-order valence-corrected chi connectivity index (χ4v) is 2.83. The molecule has 6 heteroatoms. The quantitative estimate of drug-likeness (QED) is 0.786. The summed E-state index contributed by atoms with van der Waals surface area (Å²) in [5.74, 6) is 0. The average molecular weight is 296 g/mol. The number of β-amino-alcohol motifs (C(OH)–C–C–N with tert-alkyl or cyclic N) is 1. The van der Waals surface area contributed by atoms with Gasteiger partial charge in [0.25, 0.3) is 0 Å². The van der Waals surface area contributed by atoms with Crippen molar-refractivity contribution in [1.82, 2.24) is 20.0 Å². The maximum absolute atomic E-state index is 10.5. The highest BCUT2D eigenvalue weighted by atomic mass is 16.5. The zero-order valence-electron chi connectivity index (χ0n) is 13.6. The summed E-state index contributed by atoms with van der Waals surface area (Å²) in [5.41, 5.74) is 2.71. The molecule has 1 aliphatic heterocycles. The molecule has 0 amide bonds. The number of ether oxygens (including phenoxy) is 1. The van der Waals surface area contributed by atoms with Gasteiger partial charge in [-0.1, -0.05) is 0 Å². The number of hydrogen-bond donors (Lipinski definition) is 2. The molecular weight excluding hydrogens is 268 g/mol. The van der Waals surface area contributed by atoms with Crippen LogP contribution in [-0.2, 0) is 18.3 Å². The molecule has 0 saturated carbocycles. The minimum Gasteiger partial charge on any atom is -0.388 e. The second-order valence-electron chi connectivity index (χ2n) is 6.26. The predicted molar refractivity (Wildman–Crippen MR) is 82.3 cm³/mol. The van der Waals surface area contributed by atoms with Crippen molar-refractivity contribution in [2.24, 2.45) is 7.05 Å². The predicted octanol–water partition coefficient (Wildman–Crippen LogP) is 0.210. The first-order valence-corrected chi connectivity index (χ1v) is 7.61. The van der Waals surface area contributed by atoms with E-state index < -0.39 is 5.60 Å². The van der Waals surface area contributed by atoms with Crippen molar-refractivity contribution in [2.45, 2.75) is 32.9 Å². The number of morpholine rings is 1. The lowest BCUT2D eigenvalue weighted by molar-refractivity contribution is -0.0219. The molecule has 0 aliphatic carbocycles. The average Bonchev–Trinajstić information content (AvgIpc) is 2.65. The Morgan fingerprint density at radius 2 is 2.00 bits per heavy atom. The van der Waals surface area contributed by atoms with E-state index in [9.17, 15) is 5.11 Å². The Hall–Kier alpha value is -0.950. The molecule has 1 aliphatic rings. The molecule has 1 aromatic heterocycles. The van der Waals surface area contributed by atoms with Gasteiger partial charge in [-0.15, -0.1) is 0 Å². The van der Waals surface area contributed by atoms with E-state index in [0.29, 0.717) is 13.1 Å². The van der Waals surface area contributed by atoms with Gasteiger partial charge in [-0.05, 0) is 20.8 Å². The molecule has 1 fully saturated rings. The van der Waals surface area contributed by atoms with Gasteiger partial charge in [0, 0.05) is 51.0 Å². The first-order chi connectivity index (χ1) is 9.89. The molecule has 1 unspecified atom stereocenters. The Bertz CT molecular complexity index is 464. The van der Waals surface area contributed by atoms with Gasteiger partial charge in [0.15, 0.2) is 0 Å². The number of hydrogen-bond acceptors (Lipinski definition) is 5. The molecule has 21 heavy (non-hydrogen) atoms. The zero-order chi connectivity index (χ0) is 15.5. The second-order valence-corrected chi connectivity index (χ2v) is 6.26. The standard InChI is InChI=1S/C15H28N4O2/c1-12-14(13(2)18(4)17-12)9-16-10-15(3,20)11-19-5-7-21-8-6-19/h16,20H,5-11H2,1-4H3. The summed E-state index contributed by atoms with van der Waals surface area (Å²) in [4.78, 5) is 2.26. The highest BCUT2D eigenvalue weighted by Gasteiger charge is 2.25. The minimum atomic E-state index is -0.735. The number of rotatable bonds is 6. The van der Waals surface area contributed by atoms with Gasteiger partial charge >= 0.3 is 0 Å². The van der Waals surface area contributed by atoms with E-state index in [1.54, 1.807) is 0 Å². The van der Waals surface area contributed by atoms with Crippen molar-refractivity contribution in [1.29, 1.82) is 0 Å². The van der Waals surface area contributed by atoms with Crippen LogP contribution in [0, 0.1) is 13.8 Å². The molecule has 0 aromatic carbocycles. The molecule has 1 aromatic rings. The van der Waals surface area contributed by atoms with Crippen molar-refractivity contribution in [3.05, 3.63) is 17.0 Å². The maximum Gasteiger partial charge on any atom is 0.0869 e. The summed E-state index contributed by atoms with van der Waals surface area (Å²) in [6.07, 6.45) is 0. The lowest BCUT2D eigenvalue weighted by atomic mass is 10.1. The van der Waals surface area contributed by atoms with Crippen molar-refractivity contribution in [3.8, 4) is 0 Å². The molecule has 0 radical (unpaired) electrons. The van der Waals surface area contributed by atoms with Crippen LogP contribution in [0.1, 0.15) is 23.9 Å². The monoisotopic (exact) mass is 296 g/mol. The Morgan fingerprint density at radius 1 is 1.33 bits per heavy atom. The smallest absolute Gasteiger partial charge is 0.0869 e. The number of aliphatic hydroxyl groups is 1. The van der Waals surface area contributed by atoms with Crippen molar-refractivity contribution in [3.63, 3.8) is 0 Å². The van der Waals surface area contributed by atoms with Crippen LogP contribution >= 0.6 is 0 Å². The van der Waals surface area contributed by atoms with Crippen molar-refractivity contribution < 1.29 is 9.84 Å². The zero-order valence-corrected chi connectivity index (χ0v) is 13.6. The fraction of sp³-hybridized carbons (Fsp3) is 0.800. The molecule has 2 N–H and O–H groups in total. The van der Waals surface area contributed by atoms with Crippen LogP contribution in [0.15, 0.2) is 0 Å². The van der Waals surface area contributed by atoms with E-state index in [1.165, 1.54) is 11.3 Å². The van der Waals surface area contributed by atoms with Gasteiger partial charge in [-0.2, -0.15) is 5.10 Å². The molecule has 2 heterocycles. The Balaban J connectivity index is 1.81. The Kier molecular flexibility index (Phi) is 5.37. The van der Waals surface area contributed by atoms with Crippen LogP contribution in [0.5, 0.6) is 0 Å². The van der Waals surface area contributed by atoms with Crippen LogP contribution < -0.4 is 5.32 Å². The number of nitrogens with zero attached hydrogens (tertiary/aromatic N) is 3. The SMILES string of the molecule is Cc1nn(C)c(C)c1CNCC(C)(O)CN1CCOCC1. The van der Waals surface area contributed by atoms with Gasteiger partial charge in [-0.3, -0.25) is 9.58 Å². The third-order valence-corrected chi connectivity index (χ3v) is 4.13. The highest BCUT2D eigenvalue weighted by molar-refractivity contribution is 5.24. The topological polar surface area (TPSA) is 62.5 Å². The van der Waals surface area contributed by atoms with Crippen LogP contribution in [0.3, 0.4) is 0 Å². The van der Waals surface area contributed by atoms with E-state index in [-0.39, 0.29) is 0 Å². The van der Waals surface area contributed by atoms with E-state index in [1.807, 2.05) is 25.6 Å². The van der Waals surface area contributed by atoms with E-state index >= 15 is 0 Å². The second kappa shape index (κ2) is 6.87. The van der Waals surface area contributed by atoms with E-state index in [0.717, 1.165) is 38.5 Å². The van der Waals surface area contributed by atoms with Gasteiger partial charge in [0.05, 0.1) is 24.5 Å². The van der Waals surface area contributed by atoms with Gasteiger partial charge < -0.3 is 15.2 Å². The van der Waals surface area contributed by atoms with Crippen LogP contribution in [0.2, 0.25) is 0 Å². The lowest BCUT2D eigenvalue weighted by Gasteiger charge is -2.34. The summed E-state index contributed by atoms with van der Waals surface area (Å²) >= 11 is 0. The lowest BCUT2D eigenvalue weighted by Crippen LogP contribution is -2.50. The van der Waals surface area contributed by atoms with Gasteiger partial charge in [0.2, 0.25) is 0 Å². The van der Waals surface area contributed by atoms with Crippen LogP contribution in [0.4, 0.5) is 0 Å². The summed E-state index contributed by atoms with van der Waals surface area (Å²) in [7, 11) is 1.96. The normalized spacial score (nSPS) is 19.7. The largest absolute Gasteiger partial charge is 0.388 e. The third kappa shape index (κ3) is 4.51. The minimum absolute atomic E-state index is 0.568. The molecule has 0 bridgehead atoms. The summed E-state index contributed by atoms with van der Waals surface area (Å²) < 4.78 is 7.23. The highest BCUT2D eigenvalue weighted by Crippen LogP contribution is 2.12. The van der Waals surface area contributed by atoms with Gasteiger partial charge in [0.1, 0.15) is 0 Å². The molecule has 120 valence electrons. The molecule has 1 atom stereocenters. The Labute approximate surface area is 127 Å². The summed E-state index contributed by atoms with van der Waals surface area (Å²) in [6.45, 7) is 11.3. The summed E-state index contributed by atoms with van der Waals surface area (Å²) in [6, 6.07) is 0. The number of nitrogens with one attached hydrogen (secondary N) is 1. The van der Waals surface area contributed by atoms with E-state index in [4.69, 9.17) is 4.74 Å². The van der Waals surface area contributed by atoms with Crippen LogP contribution in [-0.4, -0.2) is 64.8 Å². The first-order valence-electron chi connectivity index (χ1n) is 7.61. The molecule has 2 rings (SSSR count). The number of aromatic nitrogens is 2. The molecule has 1 saturated heterocycles. The maximum atomic E-state index is 10.5. The van der Waals surface area contributed by atoms with Gasteiger partial charge in [-0.25, -0.2) is 0 Å². The molecule has 0 spiro atoms. The third-order valence-electron chi connectivity index (χ3n) is 4.13. The van der Waals surface area contributed by atoms with Crippen molar-refractivity contribution in [2.75, 3.05) is 39.4 Å². The Morgan fingerprint density at radius 3 is 2.57 bits per heavy atom.